The third-order valence-electron chi connectivity index (χ3n) is 6.70. The highest BCUT2D eigenvalue weighted by atomic mass is 35.5. The zero-order valence-electron chi connectivity index (χ0n) is 20.7. The largest absolute Gasteiger partial charge is 0.480 e. The van der Waals surface area contributed by atoms with Crippen molar-refractivity contribution >= 4 is 40.8 Å². The summed E-state index contributed by atoms with van der Waals surface area (Å²) in [4.78, 5) is 34.9. The fourth-order valence-electron chi connectivity index (χ4n) is 4.62. The maximum absolute atomic E-state index is 13.5. The fourth-order valence-corrected chi connectivity index (χ4v) is 4.92. The van der Waals surface area contributed by atoms with Gasteiger partial charge in [0.1, 0.15) is 6.54 Å². The van der Waals surface area contributed by atoms with Gasteiger partial charge in [-0.1, -0.05) is 53.5 Å². The lowest BCUT2D eigenvalue weighted by atomic mass is 10.0. The van der Waals surface area contributed by atoms with E-state index in [0.29, 0.717) is 22.3 Å². The molecule has 1 aliphatic rings. The highest BCUT2D eigenvalue weighted by Crippen LogP contribution is 2.29. The second kappa shape index (κ2) is 12.4. The van der Waals surface area contributed by atoms with Crippen LogP contribution in [0.15, 0.2) is 67.0 Å². The molecule has 1 aromatic heterocycles. The van der Waals surface area contributed by atoms with Crippen molar-refractivity contribution in [1.29, 1.82) is 0 Å². The monoisotopic (exact) mass is 540 g/mol. The standard InChI is InChI=1S/C28H30Cl2N4O3/c1-32(27(35)18-34(19-28(36)37)23-10-11-24(29)25(30)15-23)26(17-33-13-2-3-14-33)21-8-6-20(7-9-21)22-5-4-12-31-16-22/h4-12,15-16,26H,2-3,13-14,17-19H2,1H3,(H,36,37). The predicted octanol–water partition coefficient (Wildman–Crippen LogP) is 5.24. The Morgan fingerprint density at radius 2 is 1.73 bits per heavy atom. The number of likely N-dealkylation sites (tertiary alicyclic amines) is 1. The summed E-state index contributed by atoms with van der Waals surface area (Å²) in [6, 6.07) is 16.8. The molecule has 0 bridgehead atoms. The van der Waals surface area contributed by atoms with Crippen molar-refractivity contribution in [1.82, 2.24) is 14.8 Å². The molecule has 2 heterocycles. The van der Waals surface area contributed by atoms with Gasteiger partial charge in [-0.2, -0.15) is 0 Å². The van der Waals surface area contributed by atoms with Crippen molar-refractivity contribution in [2.24, 2.45) is 0 Å². The molecule has 2 aromatic carbocycles. The Labute approximate surface area is 227 Å². The van der Waals surface area contributed by atoms with Gasteiger partial charge in [0.2, 0.25) is 5.91 Å². The van der Waals surface area contributed by atoms with Crippen LogP contribution in [0.1, 0.15) is 24.4 Å². The van der Waals surface area contributed by atoms with Gasteiger partial charge in [-0.25, -0.2) is 0 Å². The van der Waals surface area contributed by atoms with Crippen molar-refractivity contribution in [2.45, 2.75) is 18.9 Å². The molecule has 1 saturated heterocycles. The second-order valence-corrected chi connectivity index (χ2v) is 10.1. The lowest BCUT2D eigenvalue weighted by Gasteiger charge is -2.34. The number of nitrogens with zero attached hydrogens (tertiary/aromatic N) is 4. The predicted molar refractivity (Wildman–Crippen MR) is 147 cm³/mol. The van der Waals surface area contributed by atoms with Gasteiger partial charge in [0.05, 0.1) is 22.6 Å². The molecule has 194 valence electrons. The van der Waals surface area contributed by atoms with Crippen LogP contribution in [0, 0.1) is 0 Å². The van der Waals surface area contributed by atoms with Gasteiger partial charge >= 0.3 is 5.97 Å². The maximum Gasteiger partial charge on any atom is 0.323 e. The number of halogens is 2. The van der Waals surface area contributed by atoms with Crippen molar-refractivity contribution in [3.63, 3.8) is 0 Å². The Hall–Kier alpha value is -3.13. The lowest BCUT2D eigenvalue weighted by molar-refractivity contribution is -0.135. The van der Waals surface area contributed by atoms with E-state index in [4.69, 9.17) is 23.2 Å². The number of carboxylic acids is 1. The average molecular weight is 541 g/mol. The van der Waals surface area contributed by atoms with E-state index in [0.717, 1.165) is 42.6 Å². The number of carboxylic acid groups (broad SMARTS) is 1. The minimum absolute atomic E-state index is 0.106. The highest BCUT2D eigenvalue weighted by molar-refractivity contribution is 6.42. The Bertz CT molecular complexity index is 1220. The van der Waals surface area contributed by atoms with E-state index >= 15 is 0 Å². The number of carbonyl (C=O) groups excluding carboxylic acids is 1. The van der Waals surface area contributed by atoms with E-state index in [9.17, 15) is 14.7 Å². The highest BCUT2D eigenvalue weighted by Gasteiger charge is 2.27. The summed E-state index contributed by atoms with van der Waals surface area (Å²) in [6.07, 6.45) is 5.87. The van der Waals surface area contributed by atoms with Crippen LogP contribution in [-0.2, 0) is 9.59 Å². The van der Waals surface area contributed by atoms with E-state index in [1.165, 1.54) is 4.90 Å². The summed E-state index contributed by atoms with van der Waals surface area (Å²) >= 11 is 12.2. The molecule has 1 N–H and O–H groups in total. The Morgan fingerprint density at radius 1 is 1.00 bits per heavy atom. The summed E-state index contributed by atoms with van der Waals surface area (Å²) in [5.74, 6) is -1.23. The molecule has 0 radical (unpaired) electrons. The van der Waals surface area contributed by atoms with E-state index < -0.39 is 5.97 Å². The van der Waals surface area contributed by atoms with Crippen LogP contribution >= 0.6 is 23.2 Å². The summed E-state index contributed by atoms with van der Waals surface area (Å²) < 4.78 is 0. The first-order valence-corrected chi connectivity index (χ1v) is 13.0. The third kappa shape index (κ3) is 7.01. The van der Waals surface area contributed by atoms with Gasteiger partial charge in [-0.15, -0.1) is 0 Å². The Balaban J connectivity index is 1.57. The molecule has 1 unspecified atom stereocenters. The van der Waals surface area contributed by atoms with Gasteiger partial charge < -0.3 is 19.8 Å². The molecular formula is C28H30Cl2N4O3. The number of anilines is 1. The number of rotatable bonds is 10. The first-order chi connectivity index (χ1) is 17.8. The van der Waals surface area contributed by atoms with Crippen LogP contribution < -0.4 is 4.90 Å². The SMILES string of the molecule is CN(C(=O)CN(CC(=O)O)c1ccc(Cl)c(Cl)c1)C(CN1CCCC1)c1ccc(-c2cccnc2)cc1. The van der Waals surface area contributed by atoms with Crippen LogP contribution in [0.2, 0.25) is 10.0 Å². The molecule has 0 aliphatic carbocycles. The van der Waals surface area contributed by atoms with Crippen molar-refractivity contribution in [3.05, 3.63) is 82.6 Å². The molecule has 9 heteroatoms. The quantitative estimate of drug-likeness (QED) is 0.378. The number of amides is 1. The Morgan fingerprint density at radius 3 is 2.35 bits per heavy atom. The van der Waals surface area contributed by atoms with Gasteiger partial charge in [0, 0.05) is 31.7 Å². The van der Waals surface area contributed by atoms with E-state index in [-0.39, 0.29) is 25.0 Å². The number of likely N-dealkylation sites (N-methyl/N-ethyl adjacent to an activating group) is 1. The first kappa shape index (κ1) is 26.9. The molecule has 1 atom stereocenters. The minimum Gasteiger partial charge on any atom is -0.480 e. The summed E-state index contributed by atoms with van der Waals surface area (Å²) in [5.41, 5.74) is 3.63. The average Bonchev–Trinajstić information content (AvgIpc) is 3.42. The summed E-state index contributed by atoms with van der Waals surface area (Å²) in [6.45, 7) is 2.26. The zero-order chi connectivity index (χ0) is 26.4. The van der Waals surface area contributed by atoms with Crippen LogP contribution in [0.3, 0.4) is 0 Å². The van der Waals surface area contributed by atoms with Gasteiger partial charge in [0.25, 0.3) is 0 Å². The second-order valence-electron chi connectivity index (χ2n) is 9.24. The molecular weight excluding hydrogens is 511 g/mol. The topological polar surface area (TPSA) is 77.0 Å². The van der Waals surface area contributed by atoms with Crippen LogP contribution in [-0.4, -0.2) is 71.5 Å². The number of benzene rings is 2. The van der Waals surface area contributed by atoms with Gasteiger partial charge in [-0.3, -0.25) is 14.6 Å². The van der Waals surface area contributed by atoms with Crippen LogP contribution in [0.4, 0.5) is 5.69 Å². The van der Waals surface area contributed by atoms with E-state index in [2.05, 4.69) is 22.0 Å². The number of aliphatic carboxylic acids is 1. The maximum atomic E-state index is 13.5. The van der Waals surface area contributed by atoms with E-state index in [1.807, 2.05) is 30.5 Å². The number of pyridine rings is 1. The summed E-state index contributed by atoms with van der Waals surface area (Å²) in [5, 5.41) is 10.1. The molecule has 1 amide bonds. The normalized spacial score (nSPS) is 14.4. The molecule has 0 saturated carbocycles. The molecule has 1 fully saturated rings. The molecule has 1 aliphatic heterocycles. The Kier molecular flexibility index (Phi) is 9.03. The molecule has 3 aromatic rings. The van der Waals surface area contributed by atoms with Crippen LogP contribution in [0.25, 0.3) is 11.1 Å². The number of aromatic nitrogens is 1. The third-order valence-corrected chi connectivity index (χ3v) is 7.44. The molecule has 37 heavy (non-hydrogen) atoms. The molecule has 0 spiro atoms. The molecule has 7 nitrogen and oxygen atoms in total. The fraction of sp³-hybridized carbons (Fsp3) is 0.321. The van der Waals surface area contributed by atoms with Crippen molar-refractivity contribution < 1.29 is 14.7 Å². The smallest absolute Gasteiger partial charge is 0.323 e. The van der Waals surface area contributed by atoms with Gasteiger partial charge in [0.15, 0.2) is 0 Å². The zero-order valence-corrected chi connectivity index (χ0v) is 22.2. The number of hydrogen-bond acceptors (Lipinski definition) is 5. The van der Waals surface area contributed by atoms with Crippen LogP contribution in [0.5, 0.6) is 0 Å². The lowest BCUT2D eigenvalue weighted by Crippen LogP contribution is -2.44. The number of carbonyl (C=O) groups is 2. The van der Waals surface area contributed by atoms with Gasteiger partial charge in [-0.05, 0) is 66.9 Å². The minimum atomic E-state index is -1.04. The summed E-state index contributed by atoms with van der Waals surface area (Å²) in [7, 11) is 1.78. The first-order valence-electron chi connectivity index (χ1n) is 12.2. The number of hydrogen-bond donors (Lipinski definition) is 1. The van der Waals surface area contributed by atoms with Crippen molar-refractivity contribution in [3.8, 4) is 11.1 Å². The van der Waals surface area contributed by atoms with Crippen molar-refractivity contribution in [2.75, 3.05) is 44.7 Å². The molecule has 4 rings (SSSR count). The van der Waals surface area contributed by atoms with E-state index in [1.54, 1.807) is 36.3 Å².